The highest BCUT2D eigenvalue weighted by Crippen LogP contribution is 2.42. The minimum absolute atomic E-state index is 0.0193. The molecule has 2 aliphatic carbocycles. The zero-order valence-corrected chi connectivity index (χ0v) is 33.1. The molecule has 0 spiro atoms. The van der Waals surface area contributed by atoms with E-state index in [0.717, 1.165) is 72.2 Å². The van der Waals surface area contributed by atoms with E-state index in [9.17, 15) is 19.2 Å². The van der Waals surface area contributed by atoms with Crippen LogP contribution in [-0.4, -0.2) is 57.9 Å². The molecule has 0 radical (unpaired) electrons. The largest absolute Gasteiger partial charge is 0.469 e. The van der Waals surface area contributed by atoms with E-state index in [1.807, 2.05) is 76.2 Å². The van der Waals surface area contributed by atoms with E-state index < -0.39 is 34.9 Å². The molecule has 2 heterocycles. The first kappa shape index (κ1) is 40.0. The Labute approximate surface area is 328 Å². The molecule has 12 nitrogen and oxygen atoms in total. The molecule has 2 saturated carbocycles. The molecule has 0 aliphatic heterocycles. The van der Waals surface area contributed by atoms with Crippen LogP contribution in [0.1, 0.15) is 102 Å². The summed E-state index contributed by atoms with van der Waals surface area (Å²) in [4.78, 5) is 66.8. The number of methoxy groups -OCH3 is 2. The average Bonchev–Trinajstić information content (AvgIpc) is 3.86. The summed E-state index contributed by atoms with van der Waals surface area (Å²) < 4.78 is 9.66. The molecule has 2 aromatic carbocycles. The Kier molecular flexibility index (Phi) is 12.1. The number of aromatic nitrogens is 4. The lowest BCUT2D eigenvalue weighted by molar-refractivity contribution is -0.146. The van der Waals surface area contributed by atoms with E-state index in [1.54, 1.807) is 12.4 Å². The number of ether oxygens (including phenoxy) is 2. The number of hydrogen-bond donors (Lipinski definition) is 4. The monoisotopic (exact) mass is 760 g/mol. The lowest BCUT2D eigenvalue weighted by atomic mass is 9.75. The molecule has 0 bridgehead atoms. The van der Waals surface area contributed by atoms with Crippen LogP contribution in [0.3, 0.4) is 0 Å². The third kappa shape index (κ3) is 8.72. The van der Waals surface area contributed by atoms with E-state index in [-0.39, 0.29) is 36.5 Å². The fraction of sp³-hybridized carbons (Fsp3) is 0.455. The van der Waals surface area contributed by atoms with Crippen LogP contribution in [-0.2, 0) is 39.7 Å². The van der Waals surface area contributed by atoms with Gasteiger partial charge in [-0.3, -0.25) is 19.2 Å². The van der Waals surface area contributed by atoms with Crippen molar-refractivity contribution in [2.45, 2.75) is 90.1 Å². The molecule has 2 amide bonds. The first-order valence-electron chi connectivity index (χ1n) is 19.5. The number of rotatable bonds is 14. The maximum absolute atomic E-state index is 13.3. The molecule has 2 atom stereocenters. The molecule has 294 valence electrons. The number of imidazole rings is 2. The van der Waals surface area contributed by atoms with Crippen molar-refractivity contribution in [1.82, 2.24) is 30.6 Å². The number of carbonyl (C=O) groups excluding carboxylic acids is 4. The van der Waals surface area contributed by atoms with Gasteiger partial charge in [-0.1, -0.05) is 63.8 Å². The average molecular weight is 761 g/mol. The number of H-pyrrole nitrogens is 2. The van der Waals surface area contributed by atoms with Gasteiger partial charge < -0.3 is 30.1 Å². The number of carbonyl (C=O) groups is 4. The van der Waals surface area contributed by atoms with Crippen LogP contribution in [0.15, 0.2) is 60.9 Å². The van der Waals surface area contributed by atoms with Gasteiger partial charge in [-0.25, -0.2) is 9.97 Å². The van der Waals surface area contributed by atoms with Crippen molar-refractivity contribution < 1.29 is 28.7 Å². The Bertz CT molecular complexity index is 1950. The van der Waals surface area contributed by atoms with E-state index in [0.29, 0.717) is 11.6 Å². The molecule has 0 unspecified atom stereocenters. The number of amides is 2. The maximum Gasteiger partial charge on any atom is 0.306 e. The Balaban J connectivity index is 1.08. The molecule has 2 aliphatic rings. The van der Waals surface area contributed by atoms with Crippen LogP contribution in [0.25, 0.3) is 22.5 Å². The van der Waals surface area contributed by atoms with E-state index >= 15 is 0 Å². The first-order chi connectivity index (χ1) is 26.8. The third-order valence-corrected chi connectivity index (χ3v) is 11.5. The van der Waals surface area contributed by atoms with Gasteiger partial charge in [-0.05, 0) is 85.8 Å². The first-order valence-corrected chi connectivity index (χ1v) is 19.5. The van der Waals surface area contributed by atoms with Gasteiger partial charge in [0.2, 0.25) is 11.8 Å². The zero-order valence-electron chi connectivity index (χ0n) is 33.1. The van der Waals surface area contributed by atoms with E-state index in [2.05, 4.69) is 42.4 Å². The Hall–Kier alpha value is -5.70. The van der Waals surface area contributed by atoms with Crippen LogP contribution < -0.4 is 10.6 Å². The Morgan fingerprint density at radius 2 is 1.00 bits per heavy atom. The molecule has 6 rings (SSSR count). The van der Waals surface area contributed by atoms with Gasteiger partial charge in [-0.2, -0.15) is 0 Å². The highest BCUT2D eigenvalue weighted by Gasteiger charge is 2.45. The fourth-order valence-corrected chi connectivity index (χ4v) is 7.38. The molecular formula is C44H52N6O6. The highest BCUT2D eigenvalue weighted by atomic mass is 16.5. The van der Waals surface area contributed by atoms with Crippen LogP contribution in [0.2, 0.25) is 0 Å². The van der Waals surface area contributed by atoms with Crippen LogP contribution >= 0.6 is 0 Å². The summed E-state index contributed by atoms with van der Waals surface area (Å²) in [6, 6.07) is 15.9. The number of nitrogens with one attached hydrogen (secondary N) is 4. The van der Waals surface area contributed by atoms with Crippen molar-refractivity contribution in [1.29, 1.82) is 0 Å². The predicted molar refractivity (Wildman–Crippen MR) is 211 cm³/mol. The summed E-state index contributed by atoms with van der Waals surface area (Å²) in [6.45, 7) is 7.74. The number of hydrogen-bond acceptors (Lipinski definition) is 8. The second-order valence-electron chi connectivity index (χ2n) is 15.8. The Morgan fingerprint density at radius 3 is 1.29 bits per heavy atom. The van der Waals surface area contributed by atoms with Crippen molar-refractivity contribution in [3.63, 3.8) is 0 Å². The molecule has 4 aromatic rings. The molecule has 56 heavy (non-hydrogen) atoms. The van der Waals surface area contributed by atoms with Gasteiger partial charge in [0, 0.05) is 11.1 Å². The van der Waals surface area contributed by atoms with Crippen molar-refractivity contribution >= 4 is 23.8 Å². The summed E-state index contributed by atoms with van der Waals surface area (Å²) in [5.74, 6) is 5.81. The molecule has 0 saturated heterocycles. The van der Waals surface area contributed by atoms with Gasteiger partial charge >= 0.3 is 11.9 Å². The molecule has 2 fully saturated rings. The quantitative estimate of drug-likeness (QED) is 0.0832. The SMILES string of the molecule is COC(=O)C[C@H](C(=O)NC1(c2ncc(-c3ccc(C#Cc4ccc(-c5cnc(C6(NC(=O)[C@@H](CC(=O)OC)C(C)C)CCC6)[nH]5)cc4)cc3)[nH]2)CCC1)C(C)C. The number of esters is 2. The molecule has 12 heteroatoms. The highest BCUT2D eigenvalue weighted by molar-refractivity contribution is 5.85. The van der Waals surface area contributed by atoms with Crippen molar-refractivity contribution in [2.24, 2.45) is 23.7 Å². The molecular weight excluding hydrogens is 709 g/mol. The summed E-state index contributed by atoms with van der Waals surface area (Å²) in [5.41, 5.74) is 4.15. The van der Waals surface area contributed by atoms with Crippen LogP contribution in [0.5, 0.6) is 0 Å². The summed E-state index contributed by atoms with van der Waals surface area (Å²) in [7, 11) is 2.67. The third-order valence-electron chi connectivity index (χ3n) is 11.5. The van der Waals surface area contributed by atoms with Gasteiger partial charge in [0.05, 0.1) is 73.8 Å². The lowest BCUT2D eigenvalue weighted by Gasteiger charge is -2.42. The predicted octanol–water partition coefficient (Wildman–Crippen LogP) is 6.53. The van der Waals surface area contributed by atoms with Crippen LogP contribution in [0, 0.1) is 35.5 Å². The van der Waals surface area contributed by atoms with Crippen molar-refractivity contribution in [2.75, 3.05) is 14.2 Å². The van der Waals surface area contributed by atoms with E-state index in [4.69, 9.17) is 9.47 Å². The van der Waals surface area contributed by atoms with E-state index in [1.165, 1.54) is 14.2 Å². The fourth-order valence-electron chi connectivity index (χ4n) is 7.38. The van der Waals surface area contributed by atoms with Crippen molar-refractivity contribution in [3.8, 4) is 34.4 Å². The van der Waals surface area contributed by atoms with Crippen molar-refractivity contribution in [3.05, 3.63) is 83.7 Å². The summed E-state index contributed by atoms with van der Waals surface area (Å²) >= 11 is 0. The van der Waals surface area contributed by atoms with Gasteiger partial charge in [0.25, 0.3) is 0 Å². The molecule has 4 N–H and O–H groups in total. The van der Waals surface area contributed by atoms with Crippen LogP contribution in [0.4, 0.5) is 0 Å². The summed E-state index contributed by atoms with van der Waals surface area (Å²) in [5, 5.41) is 6.43. The van der Waals surface area contributed by atoms with Gasteiger partial charge in [-0.15, -0.1) is 0 Å². The number of nitrogens with zero attached hydrogens (tertiary/aromatic N) is 2. The minimum Gasteiger partial charge on any atom is -0.469 e. The topological polar surface area (TPSA) is 168 Å². The lowest BCUT2D eigenvalue weighted by Crippen LogP contribution is -2.54. The standard InChI is InChI=1S/C44H52N6O6/c1-27(2)33(23-37(51)55-5)39(53)49-43(19-7-20-43)41-45-25-35(47-41)31-15-11-29(12-16-31)9-10-30-13-17-32(18-14-30)36-26-46-42(48-36)44(21-8-22-44)50-40(54)34(28(3)4)24-38(52)56-6/h11-18,25-28,33-34H,7-8,19-24H2,1-6H3,(H,45,47)(H,46,48)(H,49,53)(H,50,54)/t33-,34-/m0/s1. The summed E-state index contributed by atoms with van der Waals surface area (Å²) in [6.07, 6.45) is 8.69. The van der Waals surface area contributed by atoms with Gasteiger partial charge in [0.1, 0.15) is 11.6 Å². The Morgan fingerprint density at radius 1 is 0.643 bits per heavy atom. The number of benzene rings is 2. The zero-order chi connectivity index (χ0) is 40.0. The van der Waals surface area contributed by atoms with Gasteiger partial charge in [0.15, 0.2) is 0 Å². The minimum atomic E-state index is -0.583. The second kappa shape index (κ2) is 17.0. The second-order valence-corrected chi connectivity index (χ2v) is 15.8. The maximum atomic E-state index is 13.3. The number of aromatic amines is 2. The normalized spacial score (nSPS) is 16.4. The smallest absolute Gasteiger partial charge is 0.306 e. The molecule has 2 aromatic heterocycles.